The van der Waals surface area contributed by atoms with Crippen molar-refractivity contribution in [2.75, 3.05) is 26.2 Å². The SMILES string of the molecule is CC(C)C(=O)N1CC2(CC[C@@H](CNC(=O)c3cccnc3)CO2)C1. The maximum absolute atomic E-state index is 12.0. The van der Waals surface area contributed by atoms with E-state index in [4.69, 9.17) is 4.74 Å². The van der Waals surface area contributed by atoms with Gasteiger partial charge in [0, 0.05) is 24.9 Å². The van der Waals surface area contributed by atoms with Gasteiger partial charge < -0.3 is 15.0 Å². The van der Waals surface area contributed by atoms with Gasteiger partial charge in [-0.15, -0.1) is 0 Å². The third-order valence-corrected chi connectivity index (χ3v) is 4.87. The first-order valence-electron chi connectivity index (χ1n) is 8.60. The largest absolute Gasteiger partial charge is 0.371 e. The van der Waals surface area contributed by atoms with Crippen LogP contribution < -0.4 is 5.32 Å². The molecule has 0 bridgehead atoms. The highest BCUT2D eigenvalue weighted by Gasteiger charge is 2.48. The number of carbonyl (C=O) groups is 2. The van der Waals surface area contributed by atoms with Crippen LogP contribution in [0.4, 0.5) is 0 Å². The molecule has 1 aromatic rings. The summed E-state index contributed by atoms with van der Waals surface area (Å²) in [6.45, 7) is 6.51. The van der Waals surface area contributed by atoms with Gasteiger partial charge in [0.25, 0.3) is 5.91 Å². The molecule has 6 heteroatoms. The molecule has 3 rings (SSSR count). The van der Waals surface area contributed by atoms with Crippen LogP contribution in [0.15, 0.2) is 24.5 Å². The van der Waals surface area contributed by atoms with E-state index in [1.165, 1.54) is 0 Å². The quantitative estimate of drug-likeness (QED) is 0.907. The van der Waals surface area contributed by atoms with Crippen LogP contribution in [0.3, 0.4) is 0 Å². The molecule has 2 aliphatic heterocycles. The molecular formula is C18H25N3O3. The minimum absolute atomic E-state index is 0.0429. The number of ether oxygens (including phenoxy) is 1. The van der Waals surface area contributed by atoms with Gasteiger partial charge in [0.05, 0.1) is 25.3 Å². The van der Waals surface area contributed by atoms with Crippen molar-refractivity contribution in [3.8, 4) is 0 Å². The van der Waals surface area contributed by atoms with Crippen molar-refractivity contribution in [3.63, 3.8) is 0 Å². The number of pyridine rings is 1. The van der Waals surface area contributed by atoms with Crippen molar-refractivity contribution in [1.82, 2.24) is 15.2 Å². The fourth-order valence-electron chi connectivity index (χ4n) is 3.33. The lowest BCUT2D eigenvalue weighted by Gasteiger charge is -2.53. The molecular weight excluding hydrogens is 306 g/mol. The second kappa shape index (κ2) is 6.89. The molecule has 2 amide bonds. The molecule has 130 valence electrons. The van der Waals surface area contributed by atoms with Crippen molar-refractivity contribution < 1.29 is 14.3 Å². The van der Waals surface area contributed by atoms with E-state index >= 15 is 0 Å². The highest BCUT2D eigenvalue weighted by molar-refractivity contribution is 5.93. The third-order valence-electron chi connectivity index (χ3n) is 4.87. The van der Waals surface area contributed by atoms with Gasteiger partial charge in [0.1, 0.15) is 5.60 Å². The van der Waals surface area contributed by atoms with Crippen LogP contribution in [0.2, 0.25) is 0 Å². The third kappa shape index (κ3) is 3.59. The number of likely N-dealkylation sites (tertiary alicyclic amines) is 1. The summed E-state index contributed by atoms with van der Waals surface area (Å²) < 4.78 is 6.05. The molecule has 1 spiro atoms. The Morgan fingerprint density at radius 1 is 1.46 bits per heavy atom. The molecule has 0 radical (unpaired) electrons. The molecule has 1 aromatic heterocycles. The summed E-state index contributed by atoms with van der Waals surface area (Å²) in [5, 5.41) is 2.95. The molecule has 2 saturated heterocycles. The van der Waals surface area contributed by atoms with Crippen molar-refractivity contribution in [2.24, 2.45) is 11.8 Å². The summed E-state index contributed by atoms with van der Waals surface area (Å²) in [5.74, 6) is 0.475. The van der Waals surface area contributed by atoms with Crippen LogP contribution in [0.1, 0.15) is 37.0 Å². The van der Waals surface area contributed by atoms with Gasteiger partial charge in [0.15, 0.2) is 0 Å². The topological polar surface area (TPSA) is 71.5 Å². The Bertz CT molecular complexity index is 587. The Labute approximate surface area is 142 Å². The second-order valence-electron chi connectivity index (χ2n) is 7.20. The Kier molecular flexibility index (Phi) is 4.85. The van der Waals surface area contributed by atoms with Gasteiger partial charge in [-0.2, -0.15) is 0 Å². The van der Waals surface area contributed by atoms with Crippen LogP contribution >= 0.6 is 0 Å². The Balaban J connectivity index is 1.40. The van der Waals surface area contributed by atoms with Crippen LogP contribution in [-0.4, -0.2) is 53.5 Å². The Morgan fingerprint density at radius 2 is 2.25 bits per heavy atom. The van der Waals surface area contributed by atoms with Gasteiger partial charge in [-0.25, -0.2) is 0 Å². The maximum Gasteiger partial charge on any atom is 0.252 e. The van der Waals surface area contributed by atoms with Crippen molar-refractivity contribution in [2.45, 2.75) is 32.3 Å². The van der Waals surface area contributed by atoms with E-state index in [0.717, 1.165) is 12.8 Å². The summed E-state index contributed by atoms with van der Waals surface area (Å²) in [7, 11) is 0. The number of hydrogen-bond donors (Lipinski definition) is 1. The van der Waals surface area contributed by atoms with E-state index in [1.807, 2.05) is 18.7 Å². The van der Waals surface area contributed by atoms with Crippen LogP contribution in [-0.2, 0) is 9.53 Å². The highest BCUT2D eigenvalue weighted by Crippen LogP contribution is 2.36. The van der Waals surface area contributed by atoms with E-state index in [1.54, 1.807) is 24.5 Å². The second-order valence-corrected chi connectivity index (χ2v) is 7.20. The number of nitrogens with one attached hydrogen (secondary N) is 1. The Morgan fingerprint density at radius 3 is 2.83 bits per heavy atom. The number of hydrogen-bond acceptors (Lipinski definition) is 4. The van der Waals surface area contributed by atoms with Crippen LogP contribution in [0.5, 0.6) is 0 Å². The number of amides is 2. The summed E-state index contributed by atoms with van der Waals surface area (Å²) in [5.41, 5.74) is 0.432. The van der Waals surface area contributed by atoms with Crippen LogP contribution in [0, 0.1) is 11.8 Å². The molecule has 0 aliphatic carbocycles. The van der Waals surface area contributed by atoms with E-state index in [-0.39, 0.29) is 23.3 Å². The number of carbonyl (C=O) groups excluding carboxylic acids is 2. The lowest BCUT2D eigenvalue weighted by Crippen LogP contribution is -2.67. The van der Waals surface area contributed by atoms with E-state index in [2.05, 4.69) is 10.3 Å². The van der Waals surface area contributed by atoms with Crippen LogP contribution in [0.25, 0.3) is 0 Å². The zero-order valence-corrected chi connectivity index (χ0v) is 14.3. The first-order valence-corrected chi connectivity index (χ1v) is 8.60. The molecule has 2 aliphatic rings. The Hall–Kier alpha value is -1.95. The van der Waals surface area contributed by atoms with Gasteiger partial charge in [0.2, 0.25) is 5.91 Å². The molecule has 0 saturated carbocycles. The molecule has 0 aromatic carbocycles. The highest BCUT2D eigenvalue weighted by atomic mass is 16.5. The van der Waals surface area contributed by atoms with Crippen molar-refractivity contribution in [3.05, 3.63) is 30.1 Å². The molecule has 1 atom stereocenters. The normalized spacial score (nSPS) is 22.3. The lowest BCUT2D eigenvalue weighted by molar-refractivity contribution is -0.190. The summed E-state index contributed by atoms with van der Waals surface area (Å²) >= 11 is 0. The van der Waals surface area contributed by atoms with Crippen molar-refractivity contribution in [1.29, 1.82) is 0 Å². The standard InChI is InChI=1S/C18H25N3O3/c1-13(2)17(23)21-11-18(12-21)6-5-14(10-24-18)8-20-16(22)15-4-3-7-19-9-15/h3-4,7,9,13-14H,5-6,8,10-12H2,1-2H3,(H,20,22)/t14-/m0/s1. The lowest BCUT2D eigenvalue weighted by atomic mass is 9.82. The maximum atomic E-state index is 12.0. The smallest absolute Gasteiger partial charge is 0.252 e. The molecule has 2 fully saturated rings. The fraction of sp³-hybridized carbons (Fsp3) is 0.611. The van der Waals surface area contributed by atoms with E-state index in [9.17, 15) is 9.59 Å². The van der Waals surface area contributed by atoms with Crippen molar-refractivity contribution >= 4 is 11.8 Å². The average Bonchev–Trinajstić information content (AvgIpc) is 2.58. The van der Waals surface area contributed by atoms with Gasteiger partial charge >= 0.3 is 0 Å². The number of nitrogens with zero attached hydrogens (tertiary/aromatic N) is 2. The number of aromatic nitrogens is 1. The van der Waals surface area contributed by atoms with Gasteiger partial charge in [-0.1, -0.05) is 13.8 Å². The first-order chi connectivity index (χ1) is 11.5. The predicted molar refractivity (Wildman–Crippen MR) is 89.4 cm³/mol. The van der Waals surface area contributed by atoms with E-state index < -0.39 is 0 Å². The fourth-order valence-corrected chi connectivity index (χ4v) is 3.33. The molecule has 3 heterocycles. The minimum Gasteiger partial charge on any atom is -0.371 e. The summed E-state index contributed by atoms with van der Waals surface area (Å²) in [4.78, 5) is 29.8. The molecule has 24 heavy (non-hydrogen) atoms. The summed E-state index contributed by atoms with van der Waals surface area (Å²) in [6.07, 6.45) is 5.17. The van der Waals surface area contributed by atoms with Gasteiger partial charge in [-0.05, 0) is 30.9 Å². The average molecular weight is 331 g/mol. The zero-order chi connectivity index (χ0) is 17.2. The summed E-state index contributed by atoms with van der Waals surface area (Å²) in [6, 6.07) is 3.51. The number of rotatable bonds is 4. The molecule has 0 unspecified atom stereocenters. The minimum atomic E-state index is -0.144. The first kappa shape index (κ1) is 16.9. The van der Waals surface area contributed by atoms with E-state index in [0.29, 0.717) is 37.7 Å². The molecule has 1 N–H and O–H groups in total. The zero-order valence-electron chi connectivity index (χ0n) is 14.3. The van der Waals surface area contributed by atoms with Gasteiger partial charge in [-0.3, -0.25) is 14.6 Å². The molecule has 6 nitrogen and oxygen atoms in total. The predicted octanol–water partition coefficient (Wildman–Crippen LogP) is 1.47. The monoisotopic (exact) mass is 331 g/mol.